The molecular formula is C10H20N4O. The van der Waals surface area contributed by atoms with Crippen molar-refractivity contribution in [3.8, 4) is 0 Å². The van der Waals surface area contributed by atoms with E-state index in [4.69, 9.17) is 10.3 Å². The summed E-state index contributed by atoms with van der Waals surface area (Å²) in [5.41, 5.74) is 8.22. The molecular weight excluding hydrogens is 192 g/mol. The van der Waals surface area contributed by atoms with Crippen molar-refractivity contribution in [3.05, 3.63) is 10.4 Å². The summed E-state index contributed by atoms with van der Waals surface area (Å²) in [6.07, 6.45) is 3.74. The molecule has 0 saturated carbocycles. The summed E-state index contributed by atoms with van der Waals surface area (Å²) in [7, 11) is 0. The van der Waals surface area contributed by atoms with Gasteiger partial charge in [0.25, 0.3) is 0 Å². The maximum absolute atomic E-state index is 8.22. The summed E-state index contributed by atoms with van der Waals surface area (Å²) in [6.45, 7) is 6.15. The molecule has 0 bridgehead atoms. The Balaban J connectivity index is 2.31. The van der Waals surface area contributed by atoms with Crippen LogP contribution in [0.4, 0.5) is 0 Å². The lowest BCUT2D eigenvalue weighted by atomic mass is 10.0. The smallest absolute Gasteiger partial charge is 0.0621 e. The standard InChI is InChI=1S/C10H20N4O/c1-2-15-9-10-5-3-4-7-14(10)8-6-12-13-11/h10H,2-9H2,1H3/t10-/m1/s1. The molecule has 1 aliphatic rings. The van der Waals surface area contributed by atoms with Crippen molar-refractivity contribution in [2.45, 2.75) is 32.2 Å². The number of ether oxygens (including phenoxy) is 1. The van der Waals surface area contributed by atoms with E-state index in [0.717, 1.165) is 26.3 Å². The van der Waals surface area contributed by atoms with Gasteiger partial charge in [0.2, 0.25) is 0 Å². The lowest BCUT2D eigenvalue weighted by Crippen LogP contribution is -2.43. The topological polar surface area (TPSA) is 61.2 Å². The van der Waals surface area contributed by atoms with E-state index in [1.54, 1.807) is 0 Å². The van der Waals surface area contributed by atoms with Gasteiger partial charge in [-0.2, -0.15) is 0 Å². The van der Waals surface area contributed by atoms with E-state index < -0.39 is 0 Å². The third-order valence-electron chi connectivity index (χ3n) is 2.81. The zero-order valence-corrected chi connectivity index (χ0v) is 9.43. The zero-order valence-electron chi connectivity index (χ0n) is 9.43. The Morgan fingerprint density at radius 1 is 1.53 bits per heavy atom. The molecule has 1 saturated heterocycles. The number of hydrogen-bond donors (Lipinski definition) is 0. The highest BCUT2D eigenvalue weighted by molar-refractivity contribution is 4.77. The van der Waals surface area contributed by atoms with Gasteiger partial charge in [-0.1, -0.05) is 11.5 Å². The highest BCUT2D eigenvalue weighted by Crippen LogP contribution is 2.16. The molecule has 0 radical (unpaired) electrons. The SMILES string of the molecule is CCOC[C@H]1CCCCN1CCN=[N+]=[N-]. The van der Waals surface area contributed by atoms with Crippen molar-refractivity contribution in [1.82, 2.24) is 4.90 Å². The Hall–Kier alpha value is -0.770. The molecule has 86 valence electrons. The molecule has 1 atom stereocenters. The third kappa shape index (κ3) is 4.51. The fourth-order valence-electron chi connectivity index (χ4n) is 2.01. The van der Waals surface area contributed by atoms with Crippen LogP contribution in [0, 0.1) is 0 Å². The molecule has 0 amide bonds. The molecule has 5 nitrogen and oxygen atoms in total. The minimum atomic E-state index is 0.521. The van der Waals surface area contributed by atoms with E-state index in [0.29, 0.717) is 12.6 Å². The lowest BCUT2D eigenvalue weighted by molar-refractivity contribution is 0.0473. The molecule has 1 heterocycles. The van der Waals surface area contributed by atoms with Gasteiger partial charge in [0.15, 0.2) is 0 Å². The first-order valence-corrected chi connectivity index (χ1v) is 5.71. The van der Waals surface area contributed by atoms with E-state index in [1.165, 1.54) is 19.3 Å². The van der Waals surface area contributed by atoms with Crippen molar-refractivity contribution in [2.24, 2.45) is 5.11 Å². The van der Waals surface area contributed by atoms with Crippen LogP contribution in [0.1, 0.15) is 26.2 Å². The Labute approximate surface area is 91.0 Å². The molecule has 1 aliphatic heterocycles. The predicted molar refractivity (Wildman–Crippen MR) is 59.7 cm³/mol. The van der Waals surface area contributed by atoms with Crippen LogP contribution in [-0.4, -0.2) is 43.8 Å². The first-order valence-electron chi connectivity index (χ1n) is 5.71. The van der Waals surface area contributed by atoms with Crippen LogP contribution in [0.15, 0.2) is 5.11 Å². The maximum Gasteiger partial charge on any atom is 0.0621 e. The van der Waals surface area contributed by atoms with Crippen LogP contribution < -0.4 is 0 Å². The molecule has 0 unspecified atom stereocenters. The largest absolute Gasteiger partial charge is 0.380 e. The Morgan fingerprint density at radius 3 is 3.13 bits per heavy atom. The van der Waals surface area contributed by atoms with Gasteiger partial charge in [-0.3, -0.25) is 4.90 Å². The zero-order chi connectivity index (χ0) is 10.9. The van der Waals surface area contributed by atoms with Gasteiger partial charge < -0.3 is 4.74 Å². The van der Waals surface area contributed by atoms with Crippen LogP contribution in [0.3, 0.4) is 0 Å². The monoisotopic (exact) mass is 212 g/mol. The van der Waals surface area contributed by atoms with Crippen LogP contribution in [-0.2, 0) is 4.74 Å². The van der Waals surface area contributed by atoms with Crippen LogP contribution >= 0.6 is 0 Å². The fraction of sp³-hybridized carbons (Fsp3) is 1.00. The van der Waals surface area contributed by atoms with Crippen molar-refractivity contribution < 1.29 is 4.74 Å². The number of piperidine rings is 1. The van der Waals surface area contributed by atoms with Gasteiger partial charge in [0.05, 0.1) is 6.61 Å². The van der Waals surface area contributed by atoms with E-state index >= 15 is 0 Å². The molecule has 0 aromatic carbocycles. The molecule has 0 spiro atoms. The van der Waals surface area contributed by atoms with Gasteiger partial charge >= 0.3 is 0 Å². The molecule has 1 rings (SSSR count). The highest BCUT2D eigenvalue weighted by Gasteiger charge is 2.21. The van der Waals surface area contributed by atoms with Crippen molar-refractivity contribution >= 4 is 0 Å². The van der Waals surface area contributed by atoms with Gasteiger partial charge in [-0.15, -0.1) is 0 Å². The highest BCUT2D eigenvalue weighted by atomic mass is 16.5. The minimum Gasteiger partial charge on any atom is -0.380 e. The van der Waals surface area contributed by atoms with E-state index in [2.05, 4.69) is 14.9 Å². The Kier molecular flexibility index (Phi) is 6.16. The minimum absolute atomic E-state index is 0.521. The molecule has 0 N–H and O–H groups in total. The Morgan fingerprint density at radius 2 is 2.40 bits per heavy atom. The van der Waals surface area contributed by atoms with Crippen molar-refractivity contribution in [3.63, 3.8) is 0 Å². The van der Waals surface area contributed by atoms with Gasteiger partial charge in [-0.05, 0) is 31.8 Å². The second-order valence-electron chi connectivity index (χ2n) is 3.80. The quantitative estimate of drug-likeness (QED) is 0.385. The van der Waals surface area contributed by atoms with Crippen LogP contribution in [0.25, 0.3) is 10.4 Å². The molecule has 15 heavy (non-hydrogen) atoms. The normalized spacial score (nSPS) is 22.3. The maximum atomic E-state index is 8.22. The average molecular weight is 212 g/mol. The summed E-state index contributed by atoms with van der Waals surface area (Å²) in [4.78, 5) is 5.16. The summed E-state index contributed by atoms with van der Waals surface area (Å²) in [5.74, 6) is 0. The second-order valence-corrected chi connectivity index (χ2v) is 3.80. The van der Waals surface area contributed by atoms with Crippen molar-refractivity contribution in [2.75, 3.05) is 32.8 Å². The molecule has 0 aromatic rings. The molecule has 5 heteroatoms. The first-order chi connectivity index (χ1) is 7.38. The number of likely N-dealkylation sites (tertiary alicyclic amines) is 1. The predicted octanol–water partition coefficient (Wildman–Crippen LogP) is 2.19. The Bertz CT molecular complexity index is 215. The van der Waals surface area contributed by atoms with Crippen molar-refractivity contribution in [1.29, 1.82) is 0 Å². The van der Waals surface area contributed by atoms with E-state index in [-0.39, 0.29) is 0 Å². The molecule has 0 aliphatic carbocycles. The second kappa shape index (κ2) is 7.51. The van der Waals surface area contributed by atoms with Gasteiger partial charge in [-0.25, -0.2) is 0 Å². The van der Waals surface area contributed by atoms with Crippen LogP contribution in [0.5, 0.6) is 0 Å². The lowest BCUT2D eigenvalue weighted by Gasteiger charge is -2.35. The van der Waals surface area contributed by atoms with Gasteiger partial charge in [0, 0.05) is 30.6 Å². The van der Waals surface area contributed by atoms with Crippen LogP contribution in [0.2, 0.25) is 0 Å². The number of azide groups is 1. The average Bonchev–Trinajstić information content (AvgIpc) is 2.28. The van der Waals surface area contributed by atoms with E-state index in [9.17, 15) is 0 Å². The van der Waals surface area contributed by atoms with E-state index in [1.807, 2.05) is 6.92 Å². The summed E-state index contributed by atoms with van der Waals surface area (Å²) in [6, 6.07) is 0.521. The number of rotatable bonds is 6. The summed E-state index contributed by atoms with van der Waals surface area (Å²) in [5, 5.41) is 3.58. The summed E-state index contributed by atoms with van der Waals surface area (Å²) < 4.78 is 5.46. The first kappa shape index (κ1) is 12.3. The fourth-order valence-corrected chi connectivity index (χ4v) is 2.01. The molecule has 1 fully saturated rings. The summed E-state index contributed by atoms with van der Waals surface area (Å²) >= 11 is 0. The number of nitrogens with zero attached hydrogens (tertiary/aromatic N) is 4. The molecule has 0 aromatic heterocycles. The number of hydrogen-bond acceptors (Lipinski definition) is 3. The third-order valence-corrected chi connectivity index (χ3v) is 2.81. The van der Waals surface area contributed by atoms with Gasteiger partial charge in [0.1, 0.15) is 0 Å².